The number of nitrogens with zero attached hydrogens (tertiary/aromatic N) is 2. The maximum absolute atomic E-state index is 11.5. The smallest absolute Gasteiger partial charge is 0.328 e. The summed E-state index contributed by atoms with van der Waals surface area (Å²) in [6.45, 7) is -0.110. The third-order valence-corrected chi connectivity index (χ3v) is 1.73. The van der Waals surface area contributed by atoms with Crippen LogP contribution in [0.15, 0.2) is 18.6 Å². The summed E-state index contributed by atoms with van der Waals surface area (Å²) in [6.07, 6.45) is 4.02. The van der Waals surface area contributed by atoms with Crippen LogP contribution in [0.1, 0.15) is 10.5 Å². The molecule has 0 fully saturated rings. The van der Waals surface area contributed by atoms with E-state index in [9.17, 15) is 9.59 Å². The summed E-state index contributed by atoms with van der Waals surface area (Å²) in [6, 6.07) is -1.10. The van der Waals surface area contributed by atoms with Crippen LogP contribution < -0.4 is 5.32 Å². The third kappa shape index (κ3) is 3.28. The molecule has 2 N–H and O–H groups in total. The number of carbonyl (C=O) groups is 2. The summed E-state index contributed by atoms with van der Waals surface area (Å²) in [4.78, 5) is 29.7. The van der Waals surface area contributed by atoms with Crippen molar-refractivity contribution >= 4 is 11.9 Å². The molecule has 0 spiro atoms. The number of ether oxygens (including phenoxy) is 1. The zero-order chi connectivity index (χ0) is 12.0. The summed E-state index contributed by atoms with van der Waals surface area (Å²) in [5.74, 6) is -1.77. The van der Waals surface area contributed by atoms with Gasteiger partial charge in [0.05, 0.1) is 12.8 Å². The Kier molecular flexibility index (Phi) is 4.34. The van der Waals surface area contributed by atoms with Crippen molar-refractivity contribution in [2.24, 2.45) is 0 Å². The number of carboxylic acids is 1. The first-order valence-electron chi connectivity index (χ1n) is 4.43. The van der Waals surface area contributed by atoms with E-state index in [1.165, 1.54) is 25.7 Å². The van der Waals surface area contributed by atoms with Gasteiger partial charge in [0.15, 0.2) is 6.04 Å². The molecule has 1 amide bonds. The molecular weight excluding hydrogens is 214 g/mol. The van der Waals surface area contributed by atoms with E-state index < -0.39 is 17.9 Å². The molecule has 1 rings (SSSR count). The summed E-state index contributed by atoms with van der Waals surface area (Å²) in [7, 11) is 1.35. The summed E-state index contributed by atoms with van der Waals surface area (Å²) < 4.78 is 4.67. The van der Waals surface area contributed by atoms with Crippen molar-refractivity contribution in [1.29, 1.82) is 0 Å². The SMILES string of the molecule is COCC(NC(=O)c1cnccn1)C(=O)O. The van der Waals surface area contributed by atoms with Crippen molar-refractivity contribution in [2.75, 3.05) is 13.7 Å². The molecule has 1 aromatic rings. The molecule has 0 bridgehead atoms. The molecule has 0 aliphatic rings. The quantitative estimate of drug-likeness (QED) is 0.687. The van der Waals surface area contributed by atoms with Crippen molar-refractivity contribution in [1.82, 2.24) is 15.3 Å². The highest BCUT2D eigenvalue weighted by molar-refractivity contribution is 5.94. The van der Waals surface area contributed by atoms with E-state index in [1.54, 1.807) is 0 Å². The number of rotatable bonds is 5. The van der Waals surface area contributed by atoms with Gasteiger partial charge < -0.3 is 15.2 Å². The predicted molar refractivity (Wildman–Crippen MR) is 52.8 cm³/mol. The van der Waals surface area contributed by atoms with Crippen LogP contribution in [0.3, 0.4) is 0 Å². The van der Waals surface area contributed by atoms with Crippen LogP contribution in [-0.4, -0.2) is 46.7 Å². The first kappa shape index (κ1) is 12.1. The average Bonchev–Trinajstić information content (AvgIpc) is 2.29. The lowest BCUT2D eigenvalue weighted by atomic mass is 10.3. The second-order valence-corrected chi connectivity index (χ2v) is 2.91. The zero-order valence-corrected chi connectivity index (χ0v) is 8.58. The molecule has 0 aromatic carbocycles. The van der Waals surface area contributed by atoms with Gasteiger partial charge in [-0.3, -0.25) is 9.78 Å². The van der Waals surface area contributed by atoms with Gasteiger partial charge in [0.1, 0.15) is 5.69 Å². The molecule has 0 saturated heterocycles. The number of amides is 1. The maximum Gasteiger partial charge on any atom is 0.328 e. The van der Waals surface area contributed by atoms with Crippen LogP contribution in [0, 0.1) is 0 Å². The van der Waals surface area contributed by atoms with Gasteiger partial charge in [0, 0.05) is 19.5 Å². The van der Waals surface area contributed by atoms with E-state index in [0.29, 0.717) is 0 Å². The highest BCUT2D eigenvalue weighted by Gasteiger charge is 2.20. The molecule has 1 atom stereocenters. The molecule has 7 nitrogen and oxygen atoms in total. The molecule has 1 heterocycles. The van der Waals surface area contributed by atoms with E-state index in [4.69, 9.17) is 5.11 Å². The summed E-state index contributed by atoms with van der Waals surface area (Å²) in [5, 5.41) is 11.0. The van der Waals surface area contributed by atoms with E-state index in [-0.39, 0.29) is 12.3 Å². The number of carbonyl (C=O) groups excluding carboxylic acids is 1. The van der Waals surface area contributed by atoms with Gasteiger partial charge in [-0.05, 0) is 0 Å². The van der Waals surface area contributed by atoms with Crippen LogP contribution in [0.2, 0.25) is 0 Å². The monoisotopic (exact) mass is 225 g/mol. The fourth-order valence-corrected chi connectivity index (χ4v) is 0.990. The van der Waals surface area contributed by atoms with Gasteiger partial charge >= 0.3 is 5.97 Å². The lowest BCUT2D eigenvalue weighted by molar-refractivity contribution is -0.140. The van der Waals surface area contributed by atoms with Crippen LogP contribution in [-0.2, 0) is 9.53 Å². The molecule has 0 radical (unpaired) electrons. The van der Waals surface area contributed by atoms with Crippen LogP contribution in [0.4, 0.5) is 0 Å². The van der Waals surface area contributed by atoms with Crippen LogP contribution in [0.5, 0.6) is 0 Å². The lowest BCUT2D eigenvalue weighted by Gasteiger charge is -2.12. The Balaban J connectivity index is 2.65. The highest BCUT2D eigenvalue weighted by Crippen LogP contribution is 1.93. The number of hydrogen-bond donors (Lipinski definition) is 2. The summed E-state index contributed by atoms with van der Waals surface area (Å²) >= 11 is 0. The number of aliphatic carboxylic acids is 1. The van der Waals surface area contributed by atoms with E-state index in [1.807, 2.05) is 0 Å². The summed E-state index contributed by atoms with van der Waals surface area (Å²) in [5.41, 5.74) is 0.0600. The Morgan fingerprint density at radius 3 is 2.81 bits per heavy atom. The Bertz CT molecular complexity index is 368. The molecular formula is C9H11N3O4. The van der Waals surface area contributed by atoms with Crippen LogP contribution in [0.25, 0.3) is 0 Å². The number of nitrogens with one attached hydrogen (secondary N) is 1. The molecule has 0 aliphatic heterocycles. The number of aromatic nitrogens is 2. The Labute approximate surface area is 91.5 Å². The second-order valence-electron chi connectivity index (χ2n) is 2.91. The molecule has 16 heavy (non-hydrogen) atoms. The van der Waals surface area contributed by atoms with Crippen LogP contribution >= 0.6 is 0 Å². The Hall–Kier alpha value is -2.02. The minimum Gasteiger partial charge on any atom is -0.480 e. The second kappa shape index (κ2) is 5.76. The van der Waals surface area contributed by atoms with Gasteiger partial charge in [0.2, 0.25) is 0 Å². The molecule has 7 heteroatoms. The lowest BCUT2D eigenvalue weighted by Crippen LogP contribution is -2.44. The number of carboxylic acid groups (broad SMARTS) is 1. The normalized spacial score (nSPS) is 11.8. The zero-order valence-electron chi connectivity index (χ0n) is 8.58. The topological polar surface area (TPSA) is 101 Å². The van der Waals surface area contributed by atoms with E-state index in [2.05, 4.69) is 20.0 Å². The van der Waals surface area contributed by atoms with Gasteiger partial charge in [-0.15, -0.1) is 0 Å². The standard InChI is InChI=1S/C9H11N3O4/c1-16-5-7(9(14)15)12-8(13)6-4-10-2-3-11-6/h2-4,7H,5H2,1H3,(H,12,13)(H,14,15). The third-order valence-electron chi connectivity index (χ3n) is 1.73. The van der Waals surface area contributed by atoms with E-state index in [0.717, 1.165) is 0 Å². The Morgan fingerprint density at radius 1 is 1.56 bits per heavy atom. The van der Waals surface area contributed by atoms with Gasteiger partial charge in [-0.2, -0.15) is 0 Å². The average molecular weight is 225 g/mol. The van der Waals surface area contributed by atoms with E-state index >= 15 is 0 Å². The fraction of sp³-hybridized carbons (Fsp3) is 0.333. The van der Waals surface area contributed by atoms with Gasteiger partial charge in [-0.25, -0.2) is 9.78 Å². The molecule has 86 valence electrons. The first-order valence-corrected chi connectivity index (χ1v) is 4.43. The number of methoxy groups -OCH3 is 1. The predicted octanol–water partition coefficient (Wildman–Crippen LogP) is -0.694. The minimum absolute atomic E-state index is 0.0600. The Morgan fingerprint density at radius 2 is 2.31 bits per heavy atom. The molecule has 1 unspecified atom stereocenters. The van der Waals surface area contributed by atoms with Crippen molar-refractivity contribution in [3.05, 3.63) is 24.3 Å². The van der Waals surface area contributed by atoms with Gasteiger partial charge in [-0.1, -0.05) is 0 Å². The molecule has 0 saturated carbocycles. The van der Waals surface area contributed by atoms with Crippen molar-refractivity contribution in [3.8, 4) is 0 Å². The molecule has 1 aromatic heterocycles. The fourth-order valence-electron chi connectivity index (χ4n) is 0.990. The minimum atomic E-state index is -1.17. The largest absolute Gasteiger partial charge is 0.480 e. The van der Waals surface area contributed by atoms with Crippen molar-refractivity contribution < 1.29 is 19.4 Å². The first-order chi connectivity index (χ1) is 7.65. The van der Waals surface area contributed by atoms with Gasteiger partial charge in [0.25, 0.3) is 5.91 Å². The van der Waals surface area contributed by atoms with Crippen molar-refractivity contribution in [2.45, 2.75) is 6.04 Å². The number of hydrogen-bond acceptors (Lipinski definition) is 5. The molecule has 0 aliphatic carbocycles. The highest BCUT2D eigenvalue weighted by atomic mass is 16.5. The van der Waals surface area contributed by atoms with Crippen molar-refractivity contribution in [3.63, 3.8) is 0 Å². The maximum atomic E-state index is 11.5.